The number of nitrogens with one attached hydrogen (secondary N) is 1. The minimum Gasteiger partial charge on any atom is -0.497 e. The Labute approximate surface area is 124 Å². The van der Waals surface area contributed by atoms with Crippen LogP contribution >= 0.6 is 0 Å². The van der Waals surface area contributed by atoms with Gasteiger partial charge in [0.25, 0.3) is 5.91 Å². The molecule has 21 heavy (non-hydrogen) atoms. The molecule has 5 nitrogen and oxygen atoms in total. The van der Waals surface area contributed by atoms with Crippen molar-refractivity contribution in [2.24, 2.45) is 0 Å². The number of rotatable bonds is 3. The minimum absolute atomic E-state index is 0.0647. The summed E-state index contributed by atoms with van der Waals surface area (Å²) in [6, 6.07) is 6.93. The summed E-state index contributed by atoms with van der Waals surface area (Å²) in [6.07, 6.45) is 3.85. The number of quaternary nitrogens is 1. The van der Waals surface area contributed by atoms with Gasteiger partial charge < -0.3 is 9.64 Å². The Morgan fingerprint density at radius 3 is 2.67 bits per heavy atom. The van der Waals surface area contributed by atoms with Crippen molar-refractivity contribution in [2.45, 2.75) is 31.7 Å². The smallest absolute Gasteiger partial charge is 0.292 e. The number of carbonyl (C=O) groups excluding carboxylic acids is 2. The first-order valence-electron chi connectivity index (χ1n) is 7.56. The first kappa shape index (κ1) is 14.1. The monoisotopic (exact) mass is 289 g/mol. The number of nitrogens with zero attached hydrogens (tertiary/aromatic N) is 1. The maximum Gasteiger partial charge on any atom is 0.292 e. The second-order valence-electron chi connectivity index (χ2n) is 5.74. The van der Waals surface area contributed by atoms with Crippen LogP contribution in [0.4, 0.5) is 5.69 Å². The SMILES string of the molecule is COc1cccc(N2C(=O)C[C@H]([NH+]3CCCCC3)C2=O)c1. The lowest BCUT2D eigenvalue weighted by molar-refractivity contribution is -0.919. The number of piperidine rings is 1. The van der Waals surface area contributed by atoms with Crippen LogP contribution in [0.15, 0.2) is 24.3 Å². The molecule has 0 unspecified atom stereocenters. The summed E-state index contributed by atoms with van der Waals surface area (Å²) in [5.74, 6) is 0.489. The Hall–Kier alpha value is -1.88. The highest BCUT2D eigenvalue weighted by molar-refractivity contribution is 6.21. The third kappa shape index (κ3) is 2.65. The van der Waals surface area contributed by atoms with E-state index in [9.17, 15) is 9.59 Å². The number of methoxy groups -OCH3 is 1. The third-order valence-electron chi connectivity index (χ3n) is 4.45. The molecule has 112 valence electrons. The fourth-order valence-corrected chi connectivity index (χ4v) is 3.33. The average Bonchev–Trinajstić information content (AvgIpc) is 2.83. The van der Waals surface area contributed by atoms with E-state index in [1.54, 1.807) is 25.3 Å². The minimum atomic E-state index is -0.205. The highest BCUT2D eigenvalue weighted by atomic mass is 16.5. The number of likely N-dealkylation sites (tertiary alicyclic amines) is 1. The lowest BCUT2D eigenvalue weighted by Crippen LogP contribution is -3.17. The van der Waals surface area contributed by atoms with Crippen LogP contribution in [0, 0.1) is 0 Å². The Morgan fingerprint density at radius 2 is 1.95 bits per heavy atom. The van der Waals surface area contributed by atoms with E-state index in [1.807, 2.05) is 6.07 Å². The van der Waals surface area contributed by atoms with Crippen molar-refractivity contribution in [1.82, 2.24) is 0 Å². The first-order valence-corrected chi connectivity index (χ1v) is 7.56. The van der Waals surface area contributed by atoms with E-state index in [1.165, 1.54) is 16.2 Å². The molecule has 1 atom stereocenters. The lowest BCUT2D eigenvalue weighted by Gasteiger charge is -2.27. The van der Waals surface area contributed by atoms with E-state index in [0.29, 0.717) is 17.9 Å². The quantitative estimate of drug-likeness (QED) is 0.819. The maximum absolute atomic E-state index is 12.7. The van der Waals surface area contributed by atoms with Crippen molar-refractivity contribution in [1.29, 1.82) is 0 Å². The van der Waals surface area contributed by atoms with Crippen LogP contribution in [0.1, 0.15) is 25.7 Å². The fraction of sp³-hybridized carbons (Fsp3) is 0.500. The predicted octanol–water partition coefficient (Wildman–Crippen LogP) is 0.396. The van der Waals surface area contributed by atoms with Gasteiger partial charge in [-0.05, 0) is 31.4 Å². The van der Waals surface area contributed by atoms with Crippen LogP contribution in [-0.4, -0.2) is 38.1 Å². The van der Waals surface area contributed by atoms with E-state index >= 15 is 0 Å². The molecular formula is C16H21N2O3+. The molecule has 0 saturated carbocycles. The number of hydrogen-bond acceptors (Lipinski definition) is 3. The lowest BCUT2D eigenvalue weighted by atomic mass is 10.1. The van der Waals surface area contributed by atoms with Gasteiger partial charge in [0.05, 0.1) is 32.3 Å². The topological polar surface area (TPSA) is 51.0 Å². The molecule has 3 rings (SSSR count). The predicted molar refractivity (Wildman–Crippen MR) is 78.4 cm³/mol. The zero-order chi connectivity index (χ0) is 14.8. The first-order chi connectivity index (χ1) is 10.2. The molecule has 5 heteroatoms. The Kier molecular flexibility index (Phi) is 3.92. The molecule has 2 heterocycles. The second-order valence-corrected chi connectivity index (χ2v) is 5.74. The van der Waals surface area contributed by atoms with Crippen LogP contribution in [0.2, 0.25) is 0 Å². The van der Waals surface area contributed by atoms with Gasteiger partial charge in [-0.15, -0.1) is 0 Å². The van der Waals surface area contributed by atoms with Crippen LogP contribution in [0.25, 0.3) is 0 Å². The van der Waals surface area contributed by atoms with E-state index in [0.717, 1.165) is 25.9 Å². The molecule has 2 amide bonds. The van der Waals surface area contributed by atoms with Crippen molar-refractivity contribution >= 4 is 17.5 Å². The molecule has 0 radical (unpaired) electrons. The normalized spacial score (nSPS) is 23.7. The zero-order valence-electron chi connectivity index (χ0n) is 12.3. The summed E-state index contributed by atoms with van der Waals surface area (Å²) in [7, 11) is 1.58. The number of hydrogen-bond donors (Lipinski definition) is 1. The van der Waals surface area contributed by atoms with E-state index in [-0.39, 0.29) is 17.9 Å². The highest BCUT2D eigenvalue weighted by Crippen LogP contribution is 2.25. The highest BCUT2D eigenvalue weighted by Gasteiger charge is 2.45. The Balaban J connectivity index is 1.82. The maximum atomic E-state index is 12.7. The molecule has 0 spiro atoms. The summed E-state index contributed by atoms with van der Waals surface area (Å²) in [6.45, 7) is 1.99. The molecule has 1 aromatic rings. The van der Waals surface area contributed by atoms with Gasteiger partial charge in [-0.2, -0.15) is 0 Å². The van der Waals surface area contributed by atoms with E-state index in [4.69, 9.17) is 4.74 Å². The van der Waals surface area contributed by atoms with Crippen molar-refractivity contribution in [2.75, 3.05) is 25.1 Å². The average molecular weight is 289 g/mol. The molecular weight excluding hydrogens is 268 g/mol. The number of carbonyl (C=O) groups is 2. The van der Waals surface area contributed by atoms with Gasteiger partial charge in [-0.1, -0.05) is 6.07 Å². The Bertz CT molecular complexity index is 552. The van der Waals surface area contributed by atoms with Crippen LogP contribution in [0.3, 0.4) is 0 Å². The van der Waals surface area contributed by atoms with Gasteiger partial charge >= 0.3 is 0 Å². The molecule has 1 N–H and O–H groups in total. The summed E-state index contributed by atoms with van der Waals surface area (Å²) < 4.78 is 5.17. The number of amides is 2. The fourth-order valence-electron chi connectivity index (χ4n) is 3.33. The summed E-state index contributed by atoms with van der Waals surface area (Å²) in [5, 5.41) is 0. The zero-order valence-corrected chi connectivity index (χ0v) is 12.3. The molecule has 0 aliphatic carbocycles. The van der Waals surface area contributed by atoms with E-state index in [2.05, 4.69) is 0 Å². The van der Waals surface area contributed by atoms with E-state index < -0.39 is 0 Å². The molecule has 0 bridgehead atoms. The summed E-state index contributed by atoms with van der Waals surface area (Å²) in [4.78, 5) is 27.5. The largest absolute Gasteiger partial charge is 0.497 e. The standard InChI is InChI=1S/C16H20N2O3/c1-21-13-7-5-6-12(10-13)18-15(19)11-14(16(18)20)17-8-3-2-4-9-17/h5-7,10,14H,2-4,8-9,11H2,1H3/p+1/t14-/m0/s1. The van der Waals surface area contributed by atoms with Crippen molar-refractivity contribution < 1.29 is 19.2 Å². The van der Waals surface area contributed by atoms with Crippen molar-refractivity contribution in [3.63, 3.8) is 0 Å². The van der Waals surface area contributed by atoms with Crippen LogP contribution in [-0.2, 0) is 9.59 Å². The molecule has 1 aromatic carbocycles. The molecule has 0 aromatic heterocycles. The number of imide groups is 1. The third-order valence-corrected chi connectivity index (χ3v) is 4.45. The number of anilines is 1. The van der Waals surface area contributed by atoms with Crippen molar-refractivity contribution in [3.8, 4) is 5.75 Å². The summed E-state index contributed by atoms with van der Waals surface area (Å²) in [5.41, 5.74) is 0.614. The molecule has 2 aliphatic rings. The van der Waals surface area contributed by atoms with Crippen molar-refractivity contribution in [3.05, 3.63) is 24.3 Å². The van der Waals surface area contributed by atoms with Crippen LogP contribution in [0.5, 0.6) is 5.75 Å². The van der Waals surface area contributed by atoms with Gasteiger partial charge in [-0.25, -0.2) is 4.90 Å². The summed E-state index contributed by atoms with van der Waals surface area (Å²) >= 11 is 0. The second kappa shape index (κ2) is 5.85. The molecule has 2 fully saturated rings. The Morgan fingerprint density at radius 1 is 1.19 bits per heavy atom. The van der Waals surface area contributed by atoms with Crippen LogP contribution < -0.4 is 14.5 Å². The van der Waals surface area contributed by atoms with Gasteiger partial charge in [0.15, 0.2) is 6.04 Å². The molecule has 2 saturated heterocycles. The number of ether oxygens (including phenoxy) is 1. The van der Waals surface area contributed by atoms with Gasteiger partial charge in [0, 0.05) is 6.07 Å². The van der Waals surface area contributed by atoms with Gasteiger partial charge in [-0.3, -0.25) is 9.59 Å². The van der Waals surface area contributed by atoms with Gasteiger partial charge in [0.1, 0.15) is 5.75 Å². The number of benzene rings is 1. The van der Waals surface area contributed by atoms with Gasteiger partial charge in [0.2, 0.25) is 5.91 Å². The molecule has 2 aliphatic heterocycles.